The number of hydrogen-bond acceptors (Lipinski definition) is 6. The van der Waals surface area contributed by atoms with Gasteiger partial charge in [0.05, 0.1) is 12.8 Å². The van der Waals surface area contributed by atoms with E-state index in [4.69, 9.17) is 9.47 Å². The van der Waals surface area contributed by atoms with E-state index in [1.54, 1.807) is 42.5 Å². The Morgan fingerprint density at radius 3 is 2.45 bits per heavy atom. The zero-order valence-electron chi connectivity index (χ0n) is 20.8. The molecule has 1 fully saturated rings. The minimum Gasteiger partial charge on any atom is -0.493 e. The molecule has 1 heterocycles. The summed E-state index contributed by atoms with van der Waals surface area (Å²) in [7, 11) is 1.43. The van der Waals surface area contributed by atoms with Crippen LogP contribution in [0.5, 0.6) is 11.5 Å². The molecule has 0 spiro atoms. The molecule has 2 N–H and O–H groups in total. The Kier molecular flexibility index (Phi) is 7.92. The molecule has 3 aromatic carbocycles. The first kappa shape index (κ1) is 26.6. The van der Waals surface area contributed by atoms with Gasteiger partial charge in [0.15, 0.2) is 18.1 Å². The lowest BCUT2D eigenvalue weighted by molar-refractivity contribution is -0.122. The quantitative estimate of drug-likeness (QED) is 0.309. The van der Waals surface area contributed by atoms with Crippen molar-refractivity contribution in [1.82, 2.24) is 5.32 Å². The Balaban J connectivity index is 1.51. The maximum Gasteiger partial charge on any atom is 0.335 e. The third kappa shape index (κ3) is 5.92. The van der Waals surface area contributed by atoms with Gasteiger partial charge in [0.25, 0.3) is 17.7 Å². The molecule has 3 aromatic rings. The van der Waals surface area contributed by atoms with Gasteiger partial charge >= 0.3 is 6.03 Å². The molecule has 0 radical (unpaired) electrons. The number of aryl methyl sites for hydroxylation is 2. The maximum absolute atomic E-state index is 13.1. The fraction of sp³-hybridized carbons (Fsp3) is 0.143. The average molecular weight is 578 g/mol. The van der Waals surface area contributed by atoms with Crippen molar-refractivity contribution in [2.75, 3.05) is 23.9 Å². The monoisotopic (exact) mass is 577 g/mol. The first-order chi connectivity index (χ1) is 18.2. The summed E-state index contributed by atoms with van der Waals surface area (Å²) in [4.78, 5) is 51.3. The number of nitrogens with zero attached hydrogens (tertiary/aromatic N) is 1. The van der Waals surface area contributed by atoms with Gasteiger partial charge in [-0.25, -0.2) is 9.69 Å². The third-order valence-corrected chi connectivity index (χ3v) is 6.24. The van der Waals surface area contributed by atoms with Crippen molar-refractivity contribution in [3.05, 3.63) is 87.4 Å². The summed E-state index contributed by atoms with van der Waals surface area (Å²) in [5.74, 6) is -1.31. The summed E-state index contributed by atoms with van der Waals surface area (Å²) in [5, 5.41) is 5.02. The highest BCUT2D eigenvalue weighted by atomic mass is 79.9. The lowest BCUT2D eigenvalue weighted by atomic mass is 10.1. The van der Waals surface area contributed by atoms with Gasteiger partial charge in [-0.2, -0.15) is 0 Å². The Morgan fingerprint density at radius 1 is 1.00 bits per heavy atom. The molecule has 38 heavy (non-hydrogen) atoms. The van der Waals surface area contributed by atoms with Gasteiger partial charge in [0.1, 0.15) is 5.57 Å². The summed E-state index contributed by atoms with van der Waals surface area (Å²) in [5.41, 5.74) is 3.20. The number of barbiturate groups is 1. The maximum atomic E-state index is 13.1. The van der Waals surface area contributed by atoms with Crippen molar-refractivity contribution >= 4 is 57.1 Å². The summed E-state index contributed by atoms with van der Waals surface area (Å²) in [6.07, 6.45) is 1.36. The van der Waals surface area contributed by atoms with Crippen molar-refractivity contribution in [3.8, 4) is 11.5 Å². The van der Waals surface area contributed by atoms with Gasteiger partial charge in [-0.1, -0.05) is 34.1 Å². The first-order valence-corrected chi connectivity index (χ1v) is 12.3. The number of urea groups is 1. The predicted octanol–water partition coefficient (Wildman–Crippen LogP) is 4.76. The number of anilines is 2. The normalized spacial score (nSPS) is 14.4. The SMILES string of the molecule is COc1cc(/C=C2\C(=O)NC(=O)N(c3ccc(Br)cc3)C2=O)ccc1OCC(=O)Nc1cc(C)ccc1C. The lowest BCUT2D eigenvalue weighted by Crippen LogP contribution is -2.54. The van der Waals surface area contributed by atoms with E-state index in [1.807, 2.05) is 32.0 Å². The topological polar surface area (TPSA) is 114 Å². The number of rotatable bonds is 7. The van der Waals surface area contributed by atoms with Gasteiger partial charge in [-0.05, 0) is 79.1 Å². The molecule has 0 aromatic heterocycles. The molecule has 0 saturated carbocycles. The van der Waals surface area contributed by atoms with Gasteiger partial charge in [-0.3, -0.25) is 19.7 Å². The van der Waals surface area contributed by atoms with Crippen LogP contribution in [0, 0.1) is 13.8 Å². The molecule has 1 saturated heterocycles. The van der Waals surface area contributed by atoms with Gasteiger partial charge in [0.2, 0.25) is 0 Å². The van der Waals surface area contributed by atoms with Crippen LogP contribution in [0.1, 0.15) is 16.7 Å². The number of imide groups is 2. The number of hydrogen-bond donors (Lipinski definition) is 2. The number of amides is 5. The molecule has 1 aliphatic heterocycles. The molecule has 0 atom stereocenters. The number of benzene rings is 3. The van der Waals surface area contributed by atoms with E-state index in [1.165, 1.54) is 13.2 Å². The van der Waals surface area contributed by atoms with Crippen LogP contribution in [0.2, 0.25) is 0 Å². The Hall–Kier alpha value is -4.44. The van der Waals surface area contributed by atoms with Crippen LogP contribution >= 0.6 is 15.9 Å². The molecule has 9 nitrogen and oxygen atoms in total. The zero-order chi connectivity index (χ0) is 27.4. The second-order valence-corrected chi connectivity index (χ2v) is 9.42. The van der Waals surface area contributed by atoms with Gasteiger partial charge in [-0.15, -0.1) is 0 Å². The number of methoxy groups -OCH3 is 1. The van der Waals surface area contributed by atoms with Crippen molar-refractivity contribution < 1.29 is 28.7 Å². The molecule has 0 aliphatic carbocycles. The highest BCUT2D eigenvalue weighted by Crippen LogP contribution is 2.30. The number of ether oxygens (including phenoxy) is 2. The average Bonchev–Trinajstić information content (AvgIpc) is 2.88. The Labute approximate surface area is 227 Å². The van der Waals surface area contributed by atoms with Gasteiger partial charge < -0.3 is 14.8 Å². The highest BCUT2D eigenvalue weighted by molar-refractivity contribution is 9.10. The van der Waals surface area contributed by atoms with Crippen LogP contribution in [0.15, 0.2) is 70.7 Å². The van der Waals surface area contributed by atoms with Crippen molar-refractivity contribution in [2.24, 2.45) is 0 Å². The second kappa shape index (κ2) is 11.3. The largest absolute Gasteiger partial charge is 0.493 e. The van der Waals surface area contributed by atoms with E-state index in [9.17, 15) is 19.2 Å². The summed E-state index contributed by atoms with van der Waals surface area (Å²) in [6.45, 7) is 3.58. The molecule has 194 valence electrons. The van der Waals surface area contributed by atoms with Crippen LogP contribution in [0.3, 0.4) is 0 Å². The van der Waals surface area contributed by atoms with Crippen molar-refractivity contribution in [3.63, 3.8) is 0 Å². The van der Waals surface area contributed by atoms with E-state index in [0.717, 1.165) is 20.5 Å². The van der Waals surface area contributed by atoms with Gasteiger partial charge in [0, 0.05) is 10.2 Å². The molecule has 5 amide bonds. The van der Waals surface area contributed by atoms with Crippen LogP contribution in [0.4, 0.5) is 16.2 Å². The summed E-state index contributed by atoms with van der Waals surface area (Å²) in [6, 6.07) is 16.2. The molecule has 1 aliphatic rings. The van der Waals surface area contributed by atoms with E-state index in [0.29, 0.717) is 28.4 Å². The van der Waals surface area contributed by atoms with E-state index in [2.05, 4.69) is 26.6 Å². The Bertz CT molecular complexity index is 1470. The lowest BCUT2D eigenvalue weighted by Gasteiger charge is -2.26. The fourth-order valence-electron chi connectivity index (χ4n) is 3.74. The van der Waals surface area contributed by atoms with E-state index < -0.39 is 17.8 Å². The number of carbonyl (C=O) groups is 4. The van der Waals surface area contributed by atoms with Crippen LogP contribution in [0.25, 0.3) is 6.08 Å². The summed E-state index contributed by atoms with van der Waals surface area (Å²) < 4.78 is 11.8. The minimum absolute atomic E-state index is 0.226. The minimum atomic E-state index is -0.833. The van der Waals surface area contributed by atoms with Crippen molar-refractivity contribution in [2.45, 2.75) is 13.8 Å². The highest BCUT2D eigenvalue weighted by Gasteiger charge is 2.36. The molecule has 4 rings (SSSR count). The standard InChI is InChI=1S/C28H24BrN3O6/c1-16-4-5-17(2)22(12-16)30-25(33)15-38-23-11-6-18(14-24(23)37-3)13-21-26(34)31-28(36)32(27(21)35)20-9-7-19(29)8-10-20/h4-14H,15H2,1-3H3,(H,30,33)(H,31,34,36)/b21-13+. The van der Waals surface area contributed by atoms with Crippen LogP contribution in [-0.2, 0) is 14.4 Å². The molecule has 0 bridgehead atoms. The molecular weight excluding hydrogens is 554 g/mol. The zero-order valence-corrected chi connectivity index (χ0v) is 22.4. The summed E-state index contributed by atoms with van der Waals surface area (Å²) >= 11 is 3.31. The van der Waals surface area contributed by atoms with Crippen LogP contribution < -0.4 is 25.0 Å². The van der Waals surface area contributed by atoms with E-state index in [-0.39, 0.29) is 18.1 Å². The number of halogens is 1. The molecular formula is C28H24BrN3O6. The number of nitrogens with one attached hydrogen (secondary N) is 2. The predicted molar refractivity (Wildman–Crippen MR) is 146 cm³/mol. The van der Waals surface area contributed by atoms with Crippen LogP contribution in [-0.4, -0.2) is 37.5 Å². The molecule has 0 unspecified atom stereocenters. The molecule has 10 heteroatoms. The first-order valence-electron chi connectivity index (χ1n) is 11.5. The van der Waals surface area contributed by atoms with E-state index >= 15 is 0 Å². The number of carbonyl (C=O) groups excluding carboxylic acids is 4. The Morgan fingerprint density at radius 2 is 1.74 bits per heavy atom. The third-order valence-electron chi connectivity index (χ3n) is 5.71. The van der Waals surface area contributed by atoms with Crippen molar-refractivity contribution in [1.29, 1.82) is 0 Å². The fourth-order valence-corrected chi connectivity index (χ4v) is 4.01. The smallest absolute Gasteiger partial charge is 0.335 e. The second-order valence-electron chi connectivity index (χ2n) is 8.50.